The molecule has 0 aromatic rings. The zero-order valence-electron chi connectivity index (χ0n) is 7.24. The highest BCUT2D eigenvalue weighted by molar-refractivity contribution is 7.92. The summed E-state index contributed by atoms with van der Waals surface area (Å²) >= 11 is 0. The van der Waals surface area contributed by atoms with E-state index in [2.05, 4.69) is 6.58 Å². The second-order valence-corrected chi connectivity index (χ2v) is 4.42. The van der Waals surface area contributed by atoms with Crippen molar-refractivity contribution in [2.24, 2.45) is 0 Å². The lowest BCUT2D eigenvalue weighted by molar-refractivity contribution is 0.385. The molecule has 0 saturated carbocycles. The normalized spacial score (nSPS) is 14.9. The fraction of sp³-hybridized carbons (Fsp3) is 0.714. The highest BCUT2D eigenvalue weighted by atomic mass is 32.2. The van der Waals surface area contributed by atoms with E-state index in [1.165, 1.54) is 4.31 Å². The summed E-state index contributed by atoms with van der Waals surface area (Å²) < 4.78 is 23.5. The lowest BCUT2D eigenvalue weighted by Crippen LogP contribution is -2.32. The molecule has 3 nitrogen and oxygen atoms in total. The first-order chi connectivity index (χ1) is 4.95. The second-order valence-electron chi connectivity index (χ2n) is 2.49. The van der Waals surface area contributed by atoms with Crippen LogP contribution in [0.25, 0.3) is 0 Å². The highest BCUT2D eigenvalue weighted by Gasteiger charge is 2.17. The first-order valence-corrected chi connectivity index (χ1v) is 5.06. The molecule has 0 aromatic heterocycles. The average Bonchev–Trinajstić information content (AvgIpc) is 2.01. The molecule has 0 N–H and O–H groups in total. The van der Waals surface area contributed by atoms with Crippen molar-refractivity contribution in [1.29, 1.82) is 0 Å². The van der Waals surface area contributed by atoms with Crippen LogP contribution in [0.4, 0.5) is 0 Å². The number of nitrogens with zero attached hydrogens (tertiary/aromatic N) is 1. The van der Waals surface area contributed by atoms with E-state index in [4.69, 9.17) is 0 Å². The van der Waals surface area contributed by atoms with Crippen molar-refractivity contribution in [1.82, 2.24) is 4.31 Å². The van der Waals surface area contributed by atoms with Crippen LogP contribution in [0.1, 0.15) is 20.3 Å². The van der Waals surface area contributed by atoms with Crippen molar-refractivity contribution in [2.45, 2.75) is 26.3 Å². The summed E-state index contributed by atoms with van der Waals surface area (Å²) in [6, 6.07) is 0.0398. The number of hydrogen-bond donors (Lipinski definition) is 0. The Kier molecular flexibility index (Phi) is 3.75. The number of rotatable bonds is 4. The fourth-order valence-electron chi connectivity index (χ4n) is 0.625. The van der Waals surface area contributed by atoms with E-state index in [0.29, 0.717) is 0 Å². The summed E-state index contributed by atoms with van der Waals surface area (Å²) in [5.74, 6) is 0. The Bertz CT molecular complexity index is 221. The lowest BCUT2D eigenvalue weighted by Gasteiger charge is -2.20. The fourth-order valence-corrected chi connectivity index (χ4v) is 1.51. The molecule has 1 atom stereocenters. The van der Waals surface area contributed by atoms with Gasteiger partial charge in [-0.25, -0.2) is 8.42 Å². The molecule has 1 unspecified atom stereocenters. The Balaban J connectivity index is 4.48. The molecule has 0 radical (unpaired) electrons. The van der Waals surface area contributed by atoms with Crippen LogP contribution < -0.4 is 0 Å². The monoisotopic (exact) mass is 177 g/mol. The summed E-state index contributed by atoms with van der Waals surface area (Å²) in [5.41, 5.74) is 0. The van der Waals surface area contributed by atoms with Crippen LogP contribution in [0.15, 0.2) is 12.0 Å². The van der Waals surface area contributed by atoms with Gasteiger partial charge in [-0.05, 0) is 13.3 Å². The van der Waals surface area contributed by atoms with Crippen LogP contribution in [0, 0.1) is 0 Å². The lowest BCUT2D eigenvalue weighted by atomic mass is 10.3. The molecule has 0 amide bonds. The topological polar surface area (TPSA) is 37.4 Å². The van der Waals surface area contributed by atoms with Gasteiger partial charge < -0.3 is 0 Å². The van der Waals surface area contributed by atoms with Crippen LogP contribution >= 0.6 is 0 Å². The number of sulfonamides is 1. The molecule has 0 aliphatic rings. The summed E-state index contributed by atoms with van der Waals surface area (Å²) in [4.78, 5) is 0. The van der Waals surface area contributed by atoms with Gasteiger partial charge in [0.25, 0.3) is 0 Å². The Morgan fingerprint density at radius 3 is 2.36 bits per heavy atom. The van der Waals surface area contributed by atoms with E-state index in [1.54, 1.807) is 7.05 Å². The van der Waals surface area contributed by atoms with E-state index in [0.717, 1.165) is 11.8 Å². The van der Waals surface area contributed by atoms with Crippen molar-refractivity contribution in [3.63, 3.8) is 0 Å². The van der Waals surface area contributed by atoms with Gasteiger partial charge in [-0.1, -0.05) is 13.5 Å². The summed E-state index contributed by atoms with van der Waals surface area (Å²) in [6.07, 6.45) is 0.809. The van der Waals surface area contributed by atoms with E-state index in [9.17, 15) is 8.42 Å². The highest BCUT2D eigenvalue weighted by Crippen LogP contribution is 2.07. The van der Waals surface area contributed by atoms with Gasteiger partial charge in [0.1, 0.15) is 0 Å². The number of hydrogen-bond acceptors (Lipinski definition) is 2. The minimum absolute atomic E-state index is 0.0398. The smallest absolute Gasteiger partial charge is 0.208 e. The third-order valence-electron chi connectivity index (χ3n) is 1.82. The Labute approximate surface area is 68.8 Å². The largest absolute Gasteiger partial charge is 0.235 e. The Morgan fingerprint density at radius 1 is 1.64 bits per heavy atom. The standard InChI is InChI=1S/C7H15NO2S/c1-5-7(3)8(4)11(9,10)6-2/h6-7H,2,5H2,1,3-4H3. The van der Waals surface area contributed by atoms with Gasteiger partial charge >= 0.3 is 0 Å². The average molecular weight is 177 g/mol. The SMILES string of the molecule is C=CS(=O)(=O)N(C)C(C)CC. The molecule has 0 fully saturated rings. The quantitative estimate of drug-likeness (QED) is 0.647. The van der Waals surface area contributed by atoms with Gasteiger partial charge in [0.05, 0.1) is 0 Å². The predicted molar refractivity (Wildman–Crippen MR) is 46.6 cm³/mol. The zero-order chi connectivity index (χ0) is 9.07. The van der Waals surface area contributed by atoms with Crippen molar-refractivity contribution < 1.29 is 8.42 Å². The van der Waals surface area contributed by atoms with E-state index in [-0.39, 0.29) is 6.04 Å². The summed E-state index contributed by atoms with van der Waals surface area (Å²) in [5, 5.41) is 0.971. The van der Waals surface area contributed by atoms with Crippen LogP contribution in [-0.2, 0) is 10.0 Å². The molecule has 0 aliphatic carbocycles. The van der Waals surface area contributed by atoms with Crippen LogP contribution in [-0.4, -0.2) is 25.8 Å². The third kappa shape index (κ3) is 2.63. The van der Waals surface area contributed by atoms with Gasteiger partial charge in [0, 0.05) is 18.5 Å². The molecule has 0 heterocycles. The van der Waals surface area contributed by atoms with Crippen LogP contribution in [0.3, 0.4) is 0 Å². The molecule has 66 valence electrons. The first-order valence-electron chi connectivity index (χ1n) is 3.56. The maximum absolute atomic E-state index is 11.1. The maximum atomic E-state index is 11.1. The van der Waals surface area contributed by atoms with Crippen molar-refractivity contribution in [2.75, 3.05) is 7.05 Å². The van der Waals surface area contributed by atoms with Crippen LogP contribution in [0.5, 0.6) is 0 Å². The van der Waals surface area contributed by atoms with E-state index >= 15 is 0 Å². The molecule has 0 aromatic carbocycles. The van der Waals surface area contributed by atoms with Gasteiger partial charge in [-0.3, -0.25) is 0 Å². The summed E-state index contributed by atoms with van der Waals surface area (Å²) in [7, 11) is -1.65. The van der Waals surface area contributed by atoms with Gasteiger partial charge in [-0.2, -0.15) is 4.31 Å². The van der Waals surface area contributed by atoms with Crippen molar-refractivity contribution in [3.8, 4) is 0 Å². The van der Waals surface area contributed by atoms with Crippen molar-refractivity contribution in [3.05, 3.63) is 12.0 Å². The van der Waals surface area contributed by atoms with Gasteiger partial charge in [0.15, 0.2) is 0 Å². The minimum atomic E-state index is -3.21. The molecule has 0 aliphatic heterocycles. The third-order valence-corrected chi connectivity index (χ3v) is 3.41. The van der Waals surface area contributed by atoms with Crippen LogP contribution in [0.2, 0.25) is 0 Å². The first kappa shape index (κ1) is 10.7. The maximum Gasteiger partial charge on any atom is 0.235 e. The van der Waals surface area contributed by atoms with E-state index < -0.39 is 10.0 Å². The molecule has 0 saturated heterocycles. The predicted octanol–water partition coefficient (Wildman–Crippen LogP) is 1.19. The molecular weight excluding hydrogens is 162 g/mol. The molecule has 4 heteroatoms. The van der Waals surface area contributed by atoms with E-state index in [1.807, 2.05) is 13.8 Å². The second kappa shape index (κ2) is 3.88. The Morgan fingerprint density at radius 2 is 2.09 bits per heavy atom. The van der Waals surface area contributed by atoms with Gasteiger partial charge in [-0.15, -0.1) is 0 Å². The molecule has 0 bridgehead atoms. The minimum Gasteiger partial charge on any atom is -0.208 e. The molecule has 11 heavy (non-hydrogen) atoms. The van der Waals surface area contributed by atoms with Gasteiger partial charge in [0.2, 0.25) is 10.0 Å². The van der Waals surface area contributed by atoms with Crippen molar-refractivity contribution >= 4 is 10.0 Å². The molecule has 0 spiro atoms. The Hall–Kier alpha value is -0.350. The molecule has 0 rings (SSSR count). The molecular formula is C7H15NO2S. The zero-order valence-corrected chi connectivity index (χ0v) is 8.06. The summed E-state index contributed by atoms with van der Waals surface area (Å²) in [6.45, 7) is 7.05.